The summed E-state index contributed by atoms with van der Waals surface area (Å²) in [5, 5.41) is 3.23. The minimum Gasteiger partial charge on any atom is -0.468 e. The molecule has 6 heteroatoms. The van der Waals surface area contributed by atoms with Crippen molar-refractivity contribution in [3.63, 3.8) is 0 Å². The molecule has 0 amide bonds. The van der Waals surface area contributed by atoms with Gasteiger partial charge in [-0.25, -0.2) is 8.78 Å². The minimum absolute atomic E-state index is 0.275. The van der Waals surface area contributed by atoms with Crippen molar-refractivity contribution in [1.29, 1.82) is 0 Å². The van der Waals surface area contributed by atoms with Gasteiger partial charge in [0.1, 0.15) is 6.04 Å². The standard InChI is InChI=1S/C14H17F2NO2S/c1-19-14(18)13(17-9-2-3-9)6-7-20-10-4-5-11(15)12(16)8-10/h4-5,8-9,13,17H,2-3,6-7H2,1H3. The van der Waals surface area contributed by atoms with Crippen LogP contribution in [0.4, 0.5) is 8.78 Å². The normalized spacial score (nSPS) is 15.9. The first-order chi connectivity index (χ1) is 9.60. The summed E-state index contributed by atoms with van der Waals surface area (Å²) < 4.78 is 30.6. The lowest BCUT2D eigenvalue weighted by Crippen LogP contribution is -2.39. The van der Waals surface area contributed by atoms with Crippen molar-refractivity contribution >= 4 is 17.7 Å². The van der Waals surface area contributed by atoms with Gasteiger partial charge in [-0.15, -0.1) is 11.8 Å². The van der Waals surface area contributed by atoms with Crippen molar-refractivity contribution < 1.29 is 18.3 Å². The van der Waals surface area contributed by atoms with Gasteiger partial charge < -0.3 is 10.1 Å². The molecular formula is C14H17F2NO2S. The van der Waals surface area contributed by atoms with E-state index in [4.69, 9.17) is 4.74 Å². The molecule has 1 atom stereocenters. The molecule has 0 heterocycles. The first-order valence-electron chi connectivity index (χ1n) is 6.52. The van der Waals surface area contributed by atoms with Crippen LogP contribution < -0.4 is 5.32 Å². The maximum atomic E-state index is 13.1. The second-order valence-electron chi connectivity index (χ2n) is 4.73. The number of nitrogens with one attached hydrogen (secondary N) is 1. The number of rotatable bonds is 7. The number of carbonyl (C=O) groups excluding carboxylic acids is 1. The van der Waals surface area contributed by atoms with Crippen molar-refractivity contribution in [3.8, 4) is 0 Å². The maximum absolute atomic E-state index is 13.1. The van der Waals surface area contributed by atoms with Crippen LogP contribution in [-0.4, -0.2) is 30.9 Å². The zero-order chi connectivity index (χ0) is 14.5. The van der Waals surface area contributed by atoms with Gasteiger partial charge in [0.05, 0.1) is 7.11 Å². The third kappa shape index (κ3) is 4.45. The summed E-state index contributed by atoms with van der Waals surface area (Å²) >= 11 is 1.39. The summed E-state index contributed by atoms with van der Waals surface area (Å²) in [6, 6.07) is 3.89. The Balaban J connectivity index is 1.82. The van der Waals surface area contributed by atoms with Gasteiger partial charge in [0, 0.05) is 16.7 Å². The van der Waals surface area contributed by atoms with E-state index >= 15 is 0 Å². The highest BCUT2D eigenvalue weighted by atomic mass is 32.2. The lowest BCUT2D eigenvalue weighted by molar-refractivity contribution is -0.143. The largest absolute Gasteiger partial charge is 0.468 e. The first-order valence-corrected chi connectivity index (χ1v) is 7.50. The minimum atomic E-state index is -0.851. The van der Waals surface area contributed by atoms with Crippen LogP contribution in [-0.2, 0) is 9.53 Å². The number of thioether (sulfide) groups is 1. The van der Waals surface area contributed by atoms with E-state index in [0.717, 1.165) is 18.9 Å². The second kappa shape index (κ2) is 7.04. The van der Waals surface area contributed by atoms with E-state index in [1.165, 1.54) is 31.0 Å². The molecule has 0 bridgehead atoms. The number of methoxy groups -OCH3 is 1. The topological polar surface area (TPSA) is 38.3 Å². The van der Waals surface area contributed by atoms with Crippen LogP contribution in [0.5, 0.6) is 0 Å². The Kier molecular flexibility index (Phi) is 5.37. The van der Waals surface area contributed by atoms with Gasteiger partial charge in [0.25, 0.3) is 0 Å². The van der Waals surface area contributed by atoms with E-state index < -0.39 is 11.6 Å². The molecule has 1 saturated carbocycles. The average Bonchev–Trinajstić information content (AvgIpc) is 3.25. The fourth-order valence-electron chi connectivity index (χ4n) is 1.81. The summed E-state index contributed by atoms with van der Waals surface area (Å²) in [5.41, 5.74) is 0. The van der Waals surface area contributed by atoms with E-state index in [1.54, 1.807) is 0 Å². The zero-order valence-corrected chi connectivity index (χ0v) is 12.0. The van der Waals surface area contributed by atoms with Gasteiger partial charge >= 0.3 is 5.97 Å². The van der Waals surface area contributed by atoms with Crippen LogP contribution in [0.3, 0.4) is 0 Å². The maximum Gasteiger partial charge on any atom is 0.322 e. The number of benzene rings is 1. The third-order valence-corrected chi connectivity index (χ3v) is 4.09. The number of esters is 1. The molecule has 0 aromatic heterocycles. The van der Waals surface area contributed by atoms with Crippen LogP contribution in [0.15, 0.2) is 23.1 Å². The Morgan fingerprint density at radius 1 is 1.45 bits per heavy atom. The molecule has 1 aromatic carbocycles. The Morgan fingerprint density at radius 2 is 2.20 bits per heavy atom. The summed E-state index contributed by atoms with van der Waals surface area (Å²) in [7, 11) is 1.37. The zero-order valence-electron chi connectivity index (χ0n) is 11.2. The molecule has 2 rings (SSSR count). The predicted octanol–water partition coefficient (Wildman–Crippen LogP) is 2.74. The van der Waals surface area contributed by atoms with Gasteiger partial charge in [0.2, 0.25) is 0 Å². The molecule has 1 N–H and O–H groups in total. The predicted molar refractivity (Wildman–Crippen MR) is 73.7 cm³/mol. The summed E-state index contributed by atoms with van der Waals surface area (Å²) in [5.74, 6) is -1.35. The van der Waals surface area contributed by atoms with Crippen LogP contribution >= 0.6 is 11.8 Å². The van der Waals surface area contributed by atoms with Crippen LogP contribution in [0.25, 0.3) is 0 Å². The molecule has 0 spiro atoms. The number of hydrogen-bond donors (Lipinski definition) is 1. The lowest BCUT2D eigenvalue weighted by atomic mass is 10.2. The first kappa shape index (κ1) is 15.3. The molecule has 1 aliphatic rings. The molecule has 110 valence electrons. The van der Waals surface area contributed by atoms with Crippen molar-refractivity contribution in [1.82, 2.24) is 5.32 Å². The monoisotopic (exact) mass is 301 g/mol. The SMILES string of the molecule is COC(=O)C(CCSc1ccc(F)c(F)c1)NC1CC1. The number of ether oxygens (including phenoxy) is 1. The average molecular weight is 301 g/mol. The highest BCUT2D eigenvalue weighted by molar-refractivity contribution is 7.99. The van der Waals surface area contributed by atoms with E-state index in [1.807, 2.05) is 0 Å². The van der Waals surface area contributed by atoms with Crippen molar-refractivity contribution in [2.45, 2.75) is 36.2 Å². The molecular weight excluding hydrogens is 284 g/mol. The highest BCUT2D eigenvalue weighted by Crippen LogP contribution is 2.23. The van der Waals surface area contributed by atoms with E-state index in [9.17, 15) is 13.6 Å². The summed E-state index contributed by atoms with van der Waals surface area (Å²) in [6.45, 7) is 0. The van der Waals surface area contributed by atoms with Gasteiger partial charge in [-0.05, 0) is 37.5 Å². The van der Waals surface area contributed by atoms with Crippen LogP contribution in [0, 0.1) is 11.6 Å². The molecule has 20 heavy (non-hydrogen) atoms. The second-order valence-corrected chi connectivity index (χ2v) is 5.90. The quantitative estimate of drug-likeness (QED) is 0.621. The van der Waals surface area contributed by atoms with Crippen LogP contribution in [0.1, 0.15) is 19.3 Å². The Bertz CT molecular complexity index is 480. The molecule has 0 saturated heterocycles. The van der Waals surface area contributed by atoms with Crippen molar-refractivity contribution in [2.24, 2.45) is 0 Å². The number of halogens is 2. The van der Waals surface area contributed by atoms with Crippen molar-refractivity contribution in [2.75, 3.05) is 12.9 Å². The molecule has 0 radical (unpaired) electrons. The smallest absolute Gasteiger partial charge is 0.322 e. The summed E-state index contributed by atoms with van der Waals surface area (Å²) in [6.07, 6.45) is 2.76. The number of carbonyl (C=O) groups is 1. The molecule has 1 aliphatic carbocycles. The fourth-order valence-corrected chi connectivity index (χ4v) is 2.75. The fraction of sp³-hybridized carbons (Fsp3) is 0.500. The van der Waals surface area contributed by atoms with Gasteiger partial charge in [0.15, 0.2) is 11.6 Å². The number of hydrogen-bond acceptors (Lipinski definition) is 4. The van der Waals surface area contributed by atoms with E-state index in [-0.39, 0.29) is 12.0 Å². The lowest BCUT2D eigenvalue weighted by Gasteiger charge is -2.15. The molecule has 1 unspecified atom stereocenters. The summed E-state index contributed by atoms with van der Waals surface area (Å²) in [4.78, 5) is 12.3. The highest BCUT2D eigenvalue weighted by Gasteiger charge is 2.28. The van der Waals surface area contributed by atoms with Crippen LogP contribution in [0.2, 0.25) is 0 Å². The van der Waals surface area contributed by atoms with E-state index in [0.29, 0.717) is 23.1 Å². The Morgan fingerprint density at radius 3 is 2.80 bits per heavy atom. The molecule has 1 aromatic rings. The van der Waals surface area contributed by atoms with Crippen molar-refractivity contribution in [3.05, 3.63) is 29.8 Å². The Labute approximate surface area is 121 Å². The molecule has 1 fully saturated rings. The van der Waals surface area contributed by atoms with Gasteiger partial charge in [-0.3, -0.25) is 4.79 Å². The van der Waals surface area contributed by atoms with Gasteiger partial charge in [-0.1, -0.05) is 0 Å². The molecule has 0 aliphatic heterocycles. The van der Waals surface area contributed by atoms with E-state index in [2.05, 4.69) is 5.32 Å². The third-order valence-electron chi connectivity index (χ3n) is 3.07. The Hall–Kier alpha value is -1.14. The van der Waals surface area contributed by atoms with Gasteiger partial charge in [-0.2, -0.15) is 0 Å². The molecule has 3 nitrogen and oxygen atoms in total.